The molecule has 0 aliphatic rings. The van der Waals surface area contributed by atoms with Gasteiger partial charge in [0.05, 0.1) is 0 Å². The minimum Gasteiger partial charge on any atom is -0.316 e. The van der Waals surface area contributed by atoms with E-state index in [4.69, 9.17) is 11.6 Å². The van der Waals surface area contributed by atoms with Crippen molar-refractivity contribution in [2.75, 3.05) is 7.05 Å². The molecule has 18 heavy (non-hydrogen) atoms. The molecular formula is C15H15ClFN. The van der Waals surface area contributed by atoms with E-state index in [1.165, 1.54) is 6.07 Å². The topological polar surface area (TPSA) is 12.0 Å². The van der Waals surface area contributed by atoms with Gasteiger partial charge in [0, 0.05) is 17.1 Å². The van der Waals surface area contributed by atoms with Gasteiger partial charge in [-0.05, 0) is 43.3 Å². The highest BCUT2D eigenvalue weighted by Gasteiger charge is 2.07. The summed E-state index contributed by atoms with van der Waals surface area (Å²) in [4.78, 5) is 0. The third-order valence-electron chi connectivity index (χ3n) is 2.85. The van der Waals surface area contributed by atoms with Crippen LogP contribution in [0.25, 0.3) is 11.1 Å². The second-order valence-electron chi connectivity index (χ2n) is 4.32. The fraction of sp³-hybridized carbons (Fsp3) is 0.200. The van der Waals surface area contributed by atoms with Gasteiger partial charge >= 0.3 is 0 Å². The second-order valence-corrected chi connectivity index (χ2v) is 4.73. The smallest absolute Gasteiger partial charge is 0.131 e. The summed E-state index contributed by atoms with van der Waals surface area (Å²) in [5, 5.41) is 3.70. The summed E-state index contributed by atoms with van der Waals surface area (Å²) in [6.45, 7) is 2.65. The highest BCUT2D eigenvalue weighted by Crippen LogP contribution is 2.28. The SMILES string of the molecule is CNCc1ccc(-c2cc(C)ccc2F)cc1Cl. The Bertz CT molecular complexity index is 566. The van der Waals surface area contributed by atoms with Crippen LogP contribution in [0, 0.1) is 12.7 Å². The fourth-order valence-electron chi connectivity index (χ4n) is 1.91. The minimum absolute atomic E-state index is 0.224. The third-order valence-corrected chi connectivity index (χ3v) is 3.21. The van der Waals surface area contributed by atoms with E-state index < -0.39 is 0 Å². The summed E-state index contributed by atoms with van der Waals surface area (Å²) in [5.41, 5.74) is 3.44. The zero-order valence-corrected chi connectivity index (χ0v) is 11.2. The van der Waals surface area contributed by atoms with E-state index >= 15 is 0 Å². The van der Waals surface area contributed by atoms with Crippen molar-refractivity contribution in [3.63, 3.8) is 0 Å². The molecule has 0 aromatic heterocycles. The molecular weight excluding hydrogens is 249 g/mol. The first-order valence-corrected chi connectivity index (χ1v) is 6.19. The average Bonchev–Trinajstić information content (AvgIpc) is 2.35. The highest BCUT2D eigenvalue weighted by molar-refractivity contribution is 6.31. The molecule has 0 bridgehead atoms. The molecule has 1 nitrogen and oxygen atoms in total. The number of rotatable bonds is 3. The zero-order valence-electron chi connectivity index (χ0n) is 10.4. The van der Waals surface area contributed by atoms with Gasteiger partial charge in [0.15, 0.2) is 0 Å². The van der Waals surface area contributed by atoms with Crippen molar-refractivity contribution in [1.82, 2.24) is 5.32 Å². The van der Waals surface area contributed by atoms with Crippen molar-refractivity contribution < 1.29 is 4.39 Å². The van der Waals surface area contributed by atoms with Crippen LogP contribution in [0.15, 0.2) is 36.4 Å². The largest absolute Gasteiger partial charge is 0.316 e. The van der Waals surface area contributed by atoms with Gasteiger partial charge in [-0.2, -0.15) is 0 Å². The Labute approximate surface area is 112 Å². The van der Waals surface area contributed by atoms with Crippen LogP contribution in [0.4, 0.5) is 4.39 Å². The lowest BCUT2D eigenvalue weighted by molar-refractivity contribution is 0.631. The van der Waals surface area contributed by atoms with Crippen LogP contribution in [0.2, 0.25) is 5.02 Å². The first-order valence-electron chi connectivity index (χ1n) is 5.81. The summed E-state index contributed by atoms with van der Waals surface area (Å²) >= 11 is 6.19. The fourth-order valence-corrected chi connectivity index (χ4v) is 2.16. The number of hydrogen-bond donors (Lipinski definition) is 1. The Hall–Kier alpha value is -1.38. The molecule has 1 N–H and O–H groups in total. The van der Waals surface area contributed by atoms with Crippen LogP contribution in [0.1, 0.15) is 11.1 Å². The zero-order chi connectivity index (χ0) is 13.1. The molecule has 3 heteroatoms. The van der Waals surface area contributed by atoms with Crippen molar-refractivity contribution in [2.45, 2.75) is 13.5 Å². The van der Waals surface area contributed by atoms with Gasteiger partial charge in [-0.3, -0.25) is 0 Å². The summed E-state index contributed by atoms with van der Waals surface area (Å²) in [7, 11) is 1.87. The maximum Gasteiger partial charge on any atom is 0.131 e. The van der Waals surface area contributed by atoms with Gasteiger partial charge in [0.25, 0.3) is 0 Å². The number of nitrogens with one attached hydrogen (secondary N) is 1. The van der Waals surface area contributed by atoms with Crippen molar-refractivity contribution >= 4 is 11.6 Å². The lowest BCUT2D eigenvalue weighted by atomic mass is 10.0. The summed E-state index contributed by atoms with van der Waals surface area (Å²) in [5.74, 6) is -0.224. The maximum atomic E-state index is 13.8. The molecule has 94 valence electrons. The Morgan fingerprint density at radius 2 is 1.94 bits per heavy atom. The molecule has 2 aromatic rings. The molecule has 2 aromatic carbocycles. The van der Waals surface area contributed by atoms with Crippen LogP contribution in [-0.4, -0.2) is 7.05 Å². The van der Waals surface area contributed by atoms with Gasteiger partial charge in [-0.15, -0.1) is 0 Å². The standard InChI is InChI=1S/C15H15ClFN/c1-10-3-6-15(17)13(7-10)11-4-5-12(9-18-2)14(16)8-11/h3-8,18H,9H2,1-2H3. The maximum absolute atomic E-state index is 13.8. The van der Waals surface area contributed by atoms with E-state index in [9.17, 15) is 4.39 Å². The molecule has 0 amide bonds. The number of benzene rings is 2. The summed E-state index contributed by atoms with van der Waals surface area (Å²) in [6, 6.07) is 10.7. The predicted molar refractivity (Wildman–Crippen MR) is 74.3 cm³/mol. The van der Waals surface area contributed by atoms with Crippen LogP contribution in [0.3, 0.4) is 0 Å². The van der Waals surface area contributed by atoms with Crippen LogP contribution >= 0.6 is 11.6 Å². The quantitative estimate of drug-likeness (QED) is 0.876. The van der Waals surface area contributed by atoms with Crippen molar-refractivity contribution in [3.8, 4) is 11.1 Å². The molecule has 0 heterocycles. The lowest BCUT2D eigenvalue weighted by Crippen LogP contribution is -2.05. The Balaban J connectivity index is 2.45. The summed E-state index contributed by atoms with van der Waals surface area (Å²) < 4.78 is 13.8. The molecule has 0 atom stereocenters. The predicted octanol–water partition coefficient (Wildman–Crippen LogP) is 4.17. The van der Waals surface area contributed by atoms with E-state index in [1.54, 1.807) is 6.07 Å². The van der Waals surface area contributed by atoms with Crippen LogP contribution in [-0.2, 0) is 6.54 Å². The molecule has 2 rings (SSSR count). The monoisotopic (exact) mass is 263 g/mol. The second kappa shape index (κ2) is 5.51. The molecule has 0 aliphatic carbocycles. The van der Waals surface area contributed by atoms with E-state index in [0.29, 0.717) is 17.1 Å². The number of hydrogen-bond acceptors (Lipinski definition) is 1. The van der Waals surface area contributed by atoms with Gasteiger partial charge < -0.3 is 5.32 Å². The molecule has 0 saturated carbocycles. The Kier molecular flexibility index (Phi) is 4.00. The first-order chi connectivity index (χ1) is 8.61. The molecule has 0 fully saturated rings. The van der Waals surface area contributed by atoms with Crippen molar-refractivity contribution in [2.24, 2.45) is 0 Å². The van der Waals surface area contributed by atoms with E-state index in [0.717, 1.165) is 16.7 Å². The van der Waals surface area contributed by atoms with E-state index in [-0.39, 0.29) is 5.82 Å². The normalized spacial score (nSPS) is 10.7. The Morgan fingerprint density at radius 3 is 2.61 bits per heavy atom. The summed E-state index contributed by atoms with van der Waals surface area (Å²) in [6.07, 6.45) is 0. The molecule has 0 radical (unpaired) electrons. The van der Waals surface area contributed by atoms with Gasteiger partial charge in [-0.25, -0.2) is 4.39 Å². The first kappa shape index (κ1) is 13.1. The molecule has 0 unspecified atom stereocenters. The minimum atomic E-state index is -0.224. The van der Waals surface area contributed by atoms with Crippen LogP contribution < -0.4 is 5.32 Å². The van der Waals surface area contributed by atoms with E-state index in [1.807, 2.05) is 38.2 Å². The van der Waals surface area contributed by atoms with E-state index in [2.05, 4.69) is 5.32 Å². The van der Waals surface area contributed by atoms with Gasteiger partial charge in [-0.1, -0.05) is 35.4 Å². The average molecular weight is 264 g/mol. The van der Waals surface area contributed by atoms with Crippen molar-refractivity contribution in [3.05, 3.63) is 58.4 Å². The molecule has 0 saturated heterocycles. The third kappa shape index (κ3) is 2.71. The van der Waals surface area contributed by atoms with Crippen molar-refractivity contribution in [1.29, 1.82) is 0 Å². The number of aryl methyl sites for hydroxylation is 1. The number of halogens is 2. The highest BCUT2D eigenvalue weighted by atomic mass is 35.5. The van der Waals surface area contributed by atoms with Gasteiger partial charge in [0.2, 0.25) is 0 Å². The Morgan fingerprint density at radius 1 is 1.17 bits per heavy atom. The molecule has 0 spiro atoms. The van der Waals surface area contributed by atoms with Crippen LogP contribution in [0.5, 0.6) is 0 Å². The molecule has 0 aliphatic heterocycles. The lowest BCUT2D eigenvalue weighted by Gasteiger charge is -2.08. The van der Waals surface area contributed by atoms with Gasteiger partial charge in [0.1, 0.15) is 5.82 Å².